The van der Waals surface area contributed by atoms with E-state index in [4.69, 9.17) is 11.6 Å². The van der Waals surface area contributed by atoms with Crippen LogP contribution in [0, 0.1) is 0 Å². The van der Waals surface area contributed by atoms with Crippen LogP contribution in [0.3, 0.4) is 0 Å². The van der Waals surface area contributed by atoms with Crippen molar-refractivity contribution >= 4 is 23.2 Å². The summed E-state index contributed by atoms with van der Waals surface area (Å²) in [5.41, 5.74) is 0.499. The maximum Gasteiger partial charge on any atom is 0.170 e. The van der Waals surface area contributed by atoms with Gasteiger partial charge < -0.3 is 0 Å². The second-order valence-electron chi connectivity index (χ2n) is 3.00. The molecule has 0 saturated carbocycles. The van der Waals surface area contributed by atoms with Crippen molar-refractivity contribution in [2.45, 2.75) is 19.8 Å². The topological polar surface area (TPSA) is 34.1 Å². The molecule has 1 rings (SSSR count). The molecule has 74 valence electrons. The Hall–Kier alpha value is -1.15. The number of benzene rings is 1. The van der Waals surface area contributed by atoms with Crippen LogP contribution in [-0.2, 0) is 4.79 Å². The predicted molar refractivity (Wildman–Crippen MR) is 55.7 cm³/mol. The Morgan fingerprint density at radius 1 is 1.36 bits per heavy atom. The molecule has 0 aliphatic carbocycles. The van der Waals surface area contributed by atoms with E-state index in [0.29, 0.717) is 17.0 Å². The van der Waals surface area contributed by atoms with Gasteiger partial charge in [-0.05, 0) is 12.1 Å². The van der Waals surface area contributed by atoms with Gasteiger partial charge in [-0.1, -0.05) is 30.7 Å². The molecule has 0 atom stereocenters. The molecule has 1 aromatic rings. The lowest BCUT2D eigenvalue weighted by Crippen LogP contribution is -2.06. The van der Waals surface area contributed by atoms with Gasteiger partial charge in [-0.2, -0.15) is 0 Å². The van der Waals surface area contributed by atoms with Gasteiger partial charge in [0.1, 0.15) is 5.78 Å². The number of Topliss-reactive ketones (excluding diaryl/α,β-unsaturated/α-hetero) is 2. The lowest BCUT2D eigenvalue weighted by Gasteiger charge is -1.99. The van der Waals surface area contributed by atoms with Crippen molar-refractivity contribution in [3.63, 3.8) is 0 Å². The molecule has 0 radical (unpaired) electrons. The van der Waals surface area contributed by atoms with Crippen LogP contribution in [0.5, 0.6) is 0 Å². The van der Waals surface area contributed by atoms with Gasteiger partial charge in [0.25, 0.3) is 0 Å². The van der Waals surface area contributed by atoms with Crippen molar-refractivity contribution in [3.05, 3.63) is 34.9 Å². The summed E-state index contributed by atoms with van der Waals surface area (Å²) in [7, 11) is 0. The van der Waals surface area contributed by atoms with E-state index in [0.717, 1.165) is 0 Å². The first-order valence-corrected chi connectivity index (χ1v) is 4.81. The van der Waals surface area contributed by atoms with E-state index in [2.05, 4.69) is 0 Å². The summed E-state index contributed by atoms with van der Waals surface area (Å²) in [5.74, 6) is -0.214. The second kappa shape index (κ2) is 4.91. The molecule has 1 aromatic carbocycles. The Kier molecular flexibility index (Phi) is 3.84. The van der Waals surface area contributed by atoms with E-state index in [9.17, 15) is 9.59 Å². The fourth-order valence-electron chi connectivity index (χ4n) is 1.07. The number of hydrogen-bond donors (Lipinski definition) is 0. The van der Waals surface area contributed by atoms with Crippen LogP contribution < -0.4 is 0 Å². The number of carbonyl (C=O) groups excluding carboxylic acids is 2. The number of ketones is 2. The van der Waals surface area contributed by atoms with Crippen LogP contribution in [0.2, 0.25) is 5.02 Å². The van der Waals surface area contributed by atoms with Crippen molar-refractivity contribution in [1.82, 2.24) is 0 Å². The van der Waals surface area contributed by atoms with Gasteiger partial charge in [0.15, 0.2) is 5.78 Å². The molecule has 0 amide bonds. The van der Waals surface area contributed by atoms with Gasteiger partial charge in [-0.15, -0.1) is 0 Å². The second-order valence-corrected chi connectivity index (χ2v) is 3.44. The Bertz CT molecular complexity index is 358. The molecule has 0 bridgehead atoms. The molecule has 14 heavy (non-hydrogen) atoms. The third kappa shape index (κ3) is 2.96. The lowest BCUT2D eigenvalue weighted by atomic mass is 10.1. The number of carbonyl (C=O) groups is 2. The van der Waals surface area contributed by atoms with E-state index >= 15 is 0 Å². The molecule has 0 aliphatic rings. The molecule has 2 nitrogen and oxygen atoms in total. The molecule has 0 fully saturated rings. The van der Waals surface area contributed by atoms with Crippen LogP contribution >= 0.6 is 11.6 Å². The summed E-state index contributed by atoms with van der Waals surface area (Å²) in [5, 5.41) is 0.514. The van der Waals surface area contributed by atoms with Crippen LogP contribution in [0.25, 0.3) is 0 Å². The zero-order chi connectivity index (χ0) is 10.6. The maximum absolute atomic E-state index is 11.5. The SMILES string of the molecule is CCC(=O)CC(=O)c1cccc(Cl)c1. The summed E-state index contributed by atoms with van der Waals surface area (Å²) >= 11 is 5.72. The third-order valence-electron chi connectivity index (χ3n) is 1.90. The monoisotopic (exact) mass is 210 g/mol. The third-order valence-corrected chi connectivity index (χ3v) is 2.13. The van der Waals surface area contributed by atoms with E-state index in [-0.39, 0.29) is 18.0 Å². The first-order chi connectivity index (χ1) is 6.63. The minimum Gasteiger partial charge on any atom is -0.299 e. The van der Waals surface area contributed by atoms with E-state index in [1.807, 2.05) is 0 Å². The average Bonchev–Trinajstić information content (AvgIpc) is 2.17. The minimum absolute atomic E-state index is 0.0309. The molecule has 3 heteroatoms. The van der Waals surface area contributed by atoms with Crippen molar-refractivity contribution in [3.8, 4) is 0 Å². The lowest BCUT2D eigenvalue weighted by molar-refractivity contribution is -0.117. The van der Waals surface area contributed by atoms with Crippen LogP contribution in [0.1, 0.15) is 30.1 Å². The molecule has 0 aliphatic heterocycles. The first-order valence-electron chi connectivity index (χ1n) is 4.44. The van der Waals surface area contributed by atoms with Crippen LogP contribution in [0.15, 0.2) is 24.3 Å². The first kappa shape index (κ1) is 10.9. The van der Waals surface area contributed by atoms with Crippen LogP contribution in [0.4, 0.5) is 0 Å². The summed E-state index contributed by atoms with van der Waals surface area (Å²) in [6, 6.07) is 6.63. The normalized spacial score (nSPS) is 9.86. The van der Waals surface area contributed by atoms with Gasteiger partial charge in [0.2, 0.25) is 0 Å². The Morgan fingerprint density at radius 2 is 2.07 bits per heavy atom. The fraction of sp³-hybridized carbons (Fsp3) is 0.273. The molecule has 0 N–H and O–H groups in total. The molecule has 0 aromatic heterocycles. The fourth-order valence-corrected chi connectivity index (χ4v) is 1.26. The number of rotatable bonds is 4. The van der Waals surface area contributed by atoms with Gasteiger partial charge in [0, 0.05) is 17.0 Å². The Labute approximate surface area is 87.9 Å². The van der Waals surface area contributed by atoms with Crippen molar-refractivity contribution < 1.29 is 9.59 Å². The summed E-state index contributed by atoms with van der Waals surface area (Å²) in [6.07, 6.45) is 0.364. The number of halogens is 1. The van der Waals surface area contributed by atoms with Gasteiger partial charge >= 0.3 is 0 Å². The average molecular weight is 211 g/mol. The molecule has 0 unspecified atom stereocenters. The highest BCUT2D eigenvalue weighted by Crippen LogP contribution is 2.12. The van der Waals surface area contributed by atoms with Gasteiger partial charge in [0.05, 0.1) is 6.42 Å². The van der Waals surface area contributed by atoms with E-state index in [1.165, 1.54) is 0 Å². The summed E-state index contributed by atoms with van der Waals surface area (Å²) in [6.45, 7) is 1.74. The predicted octanol–water partition coefficient (Wildman–Crippen LogP) is 2.89. The quantitative estimate of drug-likeness (QED) is 0.566. The van der Waals surface area contributed by atoms with Crippen molar-refractivity contribution in [2.75, 3.05) is 0 Å². The Balaban J connectivity index is 2.75. The highest BCUT2D eigenvalue weighted by Gasteiger charge is 2.10. The highest BCUT2D eigenvalue weighted by molar-refractivity contribution is 6.31. The van der Waals surface area contributed by atoms with Crippen molar-refractivity contribution in [1.29, 1.82) is 0 Å². The highest BCUT2D eigenvalue weighted by atomic mass is 35.5. The minimum atomic E-state index is -0.167. The molecule has 0 spiro atoms. The standard InChI is InChI=1S/C11H11ClO2/c1-2-10(13)7-11(14)8-4-3-5-9(12)6-8/h3-6H,2,7H2,1H3. The van der Waals surface area contributed by atoms with Gasteiger partial charge in [-0.3, -0.25) is 9.59 Å². The zero-order valence-electron chi connectivity index (χ0n) is 7.92. The smallest absolute Gasteiger partial charge is 0.170 e. The molecule has 0 saturated heterocycles. The van der Waals surface area contributed by atoms with E-state index < -0.39 is 0 Å². The zero-order valence-corrected chi connectivity index (χ0v) is 8.67. The van der Waals surface area contributed by atoms with Crippen molar-refractivity contribution in [2.24, 2.45) is 0 Å². The molecular formula is C11H11ClO2. The summed E-state index contributed by atoms with van der Waals surface area (Å²) in [4.78, 5) is 22.5. The van der Waals surface area contributed by atoms with E-state index in [1.54, 1.807) is 31.2 Å². The Morgan fingerprint density at radius 3 is 2.64 bits per heavy atom. The largest absolute Gasteiger partial charge is 0.299 e. The number of hydrogen-bond acceptors (Lipinski definition) is 2. The maximum atomic E-state index is 11.5. The van der Waals surface area contributed by atoms with Gasteiger partial charge in [-0.25, -0.2) is 0 Å². The molecule has 0 heterocycles. The van der Waals surface area contributed by atoms with Crippen LogP contribution in [-0.4, -0.2) is 11.6 Å². The molecular weight excluding hydrogens is 200 g/mol. The summed E-state index contributed by atoms with van der Waals surface area (Å²) < 4.78 is 0.